The van der Waals surface area contributed by atoms with Crippen molar-refractivity contribution in [1.29, 1.82) is 0 Å². The lowest BCUT2D eigenvalue weighted by Gasteiger charge is -2.17. The highest BCUT2D eigenvalue weighted by Gasteiger charge is 2.24. The summed E-state index contributed by atoms with van der Waals surface area (Å²) in [4.78, 5) is 13.2. The van der Waals surface area contributed by atoms with E-state index in [1.165, 1.54) is 47.4 Å². The largest absolute Gasteiger partial charge is 0.435 e. The number of benzene rings is 2. The summed E-state index contributed by atoms with van der Waals surface area (Å²) in [6, 6.07) is 9.50. The smallest absolute Gasteiger partial charge is 0.387 e. The van der Waals surface area contributed by atoms with E-state index in [2.05, 4.69) is 10.1 Å². The molecule has 0 aromatic heterocycles. The van der Waals surface area contributed by atoms with Crippen LogP contribution in [0.5, 0.6) is 5.75 Å². The Morgan fingerprint density at radius 2 is 1.85 bits per heavy atom. The molecule has 2 amide bonds. The van der Waals surface area contributed by atoms with Gasteiger partial charge in [-0.05, 0) is 35.9 Å². The zero-order valence-corrected chi connectivity index (χ0v) is 14.2. The van der Waals surface area contributed by atoms with Crippen molar-refractivity contribution in [1.82, 2.24) is 5.32 Å². The van der Waals surface area contributed by atoms with Crippen LogP contribution in [0.25, 0.3) is 11.1 Å². The third kappa shape index (κ3) is 3.75. The maximum atomic E-state index is 12.3. The Balaban J connectivity index is 2.06. The number of urea groups is 1. The van der Waals surface area contributed by atoms with E-state index in [9.17, 15) is 22.0 Å². The second kappa shape index (κ2) is 6.89. The van der Waals surface area contributed by atoms with E-state index >= 15 is 0 Å². The fourth-order valence-corrected chi connectivity index (χ4v) is 3.43. The zero-order valence-electron chi connectivity index (χ0n) is 13.4. The lowest BCUT2D eigenvalue weighted by Crippen LogP contribution is -2.27. The molecule has 0 atom stereocenters. The van der Waals surface area contributed by atoms with E-state index in [0.717, 1.165) is 0 Å². The van der Waals surface area contributed by atoms with Gasteiger partial charge < -0.3 is 10.1 Å². The molecular formula is C16H15F2N3O4S. The summed E-state index contributed by atoms with van der Waals surface area (Å²) in [6.45, 7) is -2.04. The highest BCUT2D eigenvalue weighted by Crippen LogP contribution is 2.32. The number of ether oxygens (including phenoxy) is 1. The quantitative estimate of drug-likeness (QED) is 0.826. The number of nitrogens with one attached hydrogen (secondary N) is 1. The third-order valence-electron chi connectivity index (χ3n) is 3.83. The van der Waals surface area contributed by atoms with E-state index in [4.69, 9.17) is 5.14 Å². The fourth-order valence-electron chi connectivity index (χ4n) is 2.69. The van der Waals surface area contributed by atoms with Gasteiger partial charge in [-0.3, -0.25) is 4.90 Å². The van der Waals surface area contributed by atoms with Crippen LogP contribution in [0, 0.1) is 0 Å². The molecule has 3 rings (SSSR count). The van der Waals surface area contributed by atoms with E-state index in [1.807, 2.05) is 0 Å². The van der Waals surface area contributed by atoms with Crippen molar-refractivity contribution in [3.63, 3.8) is 0 Å². The summed E-state index contributed by atoms with van der Waals surface area (Å²) in [5.41, 5.74) is 1.18. The number of nitrogens with two attached hydrogens (primary N) is 1. The molecule has 0 saturated carbocycles. The van der Waals surface area contributed by atoms with Crippen LogP contribution in [0.3, 0.4) is 0 Å². The number of hydrogen-bond acceptors (Lipinski definition) is 4. The zero-order chi connectivity index (χ0) is 18.9. The first kappa shape index (κ1) is 18.1. The molecule has 7 nitrogen and oxygen atoms in total. The van der Waals surface area contributed by atoms with Crippen LogP contribution in [-0.4, -0.2) is 34.1 Å². The van der Waals surface area contributed by atoms with Gasteiger partial charge in [-0.25, -0.2) is 18.4 Å². The molecule has 1 aliphatic heterocycles. The minimum Gasteiger partial charge on any atom is -0.435 e. The predicted octanol–water partition coefficient (Wildman–Crippen LogP) is 2.13. The Hall–Kier alpha value is -2.72. The highest BCUT2D eigenvalue weighted by molar-refractivity contribution is 7.89. The Bertz CT molecular complexity index is 933. The molecule has 1 fully saturated rings. The summed E-state index contributed by atoms with van der Waals surface area (Å²) >= 11 is 0. The summed E-state index contributed by atoms with van der Waals surface area (Å²) in [5.74, 6) is -0.0593. The van der Waals surface area contributed by atoms with Crippen LogP contribution in [0.2, 0.25) is 0 Å². The molecule has 1 saturated heterocycles. The van der Waals surface area contributed by atoms with Crippen molar-refractivity contribution in [3.8, 4) is 16.9 Å². The van der Waals surface area contributed by atoms with Gasteiger partial charge in [0.05, 0.1) is 4.90 Å². The molecule has 0 radical (unpaired) electrons. The second-order valence-electron chi connectivity index (χ2n) is 5.51. The first-order valence-corrected chi connectivity index (χ1v) is 9.08. The fraction of sp³-hybridized carbons (Fsp3) is 0.188. The second-order valence-corrected chi connectivity index (χ2v) is 7.04. The molecule has 0 bridgehead atoms. The van der Waals surface area contributed by atoms with E-state index in [0.29, 0.717) is 24.3 Å². The first-order valence-electron chi connectivity index (χ1n) is 7.53. The molecule has 0 aliphatic carbocycles. The van der Waals surface area contributed by atoms with E-state index < -0.39 is 16.6 Å². The lowest BCUT2D eigenvalue weighted by atomic mass is 10.0. The maximum absolute atomic E-state index is 12.3. The van der Waals surface area contributed by atoms with Crippen molar-refractivity contribution >= 4 is 21.7 Å². The number of hydrogen-bond donors (Lipinski definition) is 2. The molecular weight excluding hydrogens is 368 g/mol. The van der Waals surface area contributed by atoms with Crippen molar-refractivity contribution in [3.05, 3.63) is 42.5 Å². The minimum absolute atomic E-state index is 0.0593. The van der Waals surface area contributed by atoms with Crippen LogP contribution in [-0.2, 0) is 10.0 Å². The Morgan fingerprint density at radius 1 is 1.15 bits per heavy atom. The van der Waals surface area contributed by atoms with Gasteiger partial charge in [0.25, 0.3) is 0 Å². The molecule has 2 aromatic rings. The van der Waals surface area contributed by atoms with Crippen LogP contribution in [0.15, 0.2) is 47.4 Å². The van der Waals surface area contributed by atoms with Crippen LogP contribution >= 0.6 is 0 Å². The van der Waals surface area contributed by atoms with E-state index in [-0.39, 0.29) is 22.2 Å². The number of carbonyl (C=O) groups is 1. The van der Waals surface area contributed by atoms with Gasteiger partial charge in [0.1, 0.15) is 5.75 Å². The SMILES string of the molecule is NS(=O)(=O)c1ccc(N2CCNC2=O)cc1-c1ccc(OC(F)F)cc1. The number of halogens is 2. The summed E-state index contributed by atoms with van der Waals surface area (Å²) in [6.07, 6.45) is 0. The summed E-state index contributed by atoms with van der Waals surface area (Å²) < 4.78 is 52.6. The van der Waals surface area contributed by atoms with Gasteiger partial charge in [0.15, 0.2) is 0 Å². The average molecular weight is 383 g/mol. The van der Waals surface area contributed by atoms with Gasteiger partial charge in [-0.15, -0.1) is 0 Å². The Labute approximate surface area is 148 Å². The van der Waals surface area contributed by atoms with Crippen molar-refractivity contribution in [2.24, 2.45) is 5.14 Å². The molecule has 0 spiro atoms. The number of sulfonamides is 1. The van der Waals surface area contributed by atoms with Crippen LogP contribution in [0.4, 0.5) is 19.3 Å². The predicted molar refractivity (Wildman–Crippen MR) is 90.6 cm³/mol. The van der Waals surface area contributed by atoms with E-state index in [1.54, 1.807) is 0 Å². The molecule has 1 heterocycles. The van der Waals surface area contributed by atoms with Gasteiger partial charge >= 0.3 is 12.6 Å². The number of carbonyl (C=O) groups excluding carboxylic acids is 1. The molecule has 1 aliphatic rings. The lowest BCUT2D eigenvalue weighted by molar-refractivity contribution is -0.0498. The molecule has 0 unspecified atom stereocenters. The third-order valence-corrected chi connectivity index (χ3v) is 4.80. The normalized spacial score (nSPS) is 14.6. The van der Waals surface area contributed by atoms with Gasteiger partial charge in [-0.2, -0.15) is 8.78 Å². The number of alkyl halides is 2. The first-order chi connectivity index (χ1) is 12.3. The van der Waals surface area contributed by atoms with Crippen molar-refractivity contribution in [2.75, 3.05) is 18.0 Å². The molecule has 10 heteroatoms. The standard InChI is InChI=1S/C16H15F2N3O4S/c17-15(18)25-12-4-1-10(2-5-12)13-9-11(21-8-7-20-16(21)22)3-6-14(13)26(19,23)24/h1-6,9,15H,7-8H2,(H,20,22)(H2,19,23,24). The highest BCUT2D eigenvalue weighted by atomic mass is 32.2. The molecule has 138 valence electrons. The monoisotopic (exact) mass is 383 g/mol. The number of rotatable bonds is 5. The van der Waals surface area contributed by atoms with Crippen molar-refractivity contribution < 1.29 is 26.7 Å². The summed E-state index contributed by atoms with van der Waals surface area (Å²) in [7, 11) is -4.03. The Morgan fingerprint density at radius 3 is 2.38 bits per heavy atom. The van der Waals surface area contributed by atoms with Crippen molar-refractivity contribution in [2.45, 2.75) is 11.5 Å². The molecule has 3 N–H and O–H groups in total. The van der Waals surface area contributed by atoms with Gasteiger partial charge in [0.2, 0.25) is 10.0 Å². The number of nitrogens with zero attached hydrogens (tertiary/aromatic N) is 1. The molecule has 2 aromatic carbocycles. The average Bonchev–Trinajstić information content (AvgIpc) is 3.00. The maximum Gasteiger partial charge on any atom is 0.387 e. The van der Waals surface area contributed by atoms with Gasteiger partial charge in [-0.1, -0.05) is 12.1 Å². The summed E-state index contributed by atoms with van der Waals surface area (Å²) in [5, 5.41) is 7.93. The minimum atomic E-state index is -4.03. The number of primary sulfonamides is 1. The topological polar surface area (TPSA) is 102 Å². The number of amides is 2. The van der Waals surface area contributed by atoms with Gasteiger partial charge in [0, 0.05) is 24.3 Å². The number of anilines is 1. The van der Waals surface area contributed by atoms with Crippen LogP contribution in [0.1, 0.15) is 0 Å². The Kier molecular flexibility index (Phi) is 4.79. The van der Waals surface area contributed by atoms with Crippen LogP contribution < -0.4 is 20.1 Å². The molecule has 26 heavy (non-hydrogen) atoms.